The summed E-state index contributed by atoms with van der Waals surface area (Å²) in [5.41, 5.74) is 0. The van der Waals surface area contributed by atoms with Crippen molar-refractivity contribution in [2.24, 2.45) is 0 Å². The van der Waals surface area contributed by atoms with Crippen LogP contribution in [0.1, 0.15) is 12.8 Å². The number of hydrogen-bond donors (Lipinski definition) is 1. The van der Waals surface area contributed by atoms with Crippen LogP contribution in [0.3, 0.4) is 0 Å². The Morgan fingerprint density at radius 3 is 2.20 bits per heavy atom. The van der Waals surface area contributed by atoms with E-state index >= 15 is 0 Å². The van der Waals surface area contributed by atoms with E-state index in [0.29, 0.717) is 13.1 Å². The Balaban J connectivity index is 2.45. The fourth-order valence-corrected chi connectivity index (χ4v) is 1.14. The first-order valence-corrected chi connectivity index (χ1v) is 3.40. The van der Waals surface area contributed by atoms with Crippen molar-refractivity contribution in [3.05, 3.63) is 0 Å². The first-order valence-electron chi connectivity index (χ1n) is 3.40. The Kier molecular flexibility index (Phi) is 2.21. The summed E-state index contributed by atoms with van der Waals surface area (Å²) in [5.74, 6) is 0. The minimum Gasteiger partial charge on any atom is -0.389 e. The first-order chi connectivity index (χ1) is 4.67. The maximum Gasteiger partial charge on any atom is 0.327 e. The molecular weight excluding hydrogens is 140 g/mol. The lowest BCUT2D eigenvalue weighted by Gasteiger charge is -2.24. The van der Waals surface area contributed by atoms with Crippen LogP contribution in [0.25, 0.3) is 0 Å². The van der Waals surface area contributed by atoms with Gasteiger partial charge in [0.05, 0.1) is 0 Å². The second-order valence-corrected chi connectivity index (χ2v) is 2.52. The minimum absolute atomic E-state index is 0.410. The van der Waals surface area contributed by atoms with Gasteiger partial charge in [-0.1, -0.05) is 0 Å². The monoisotopic (exact) mass is 151 g/mol. The average molecular weight is 151 g/mol. The Morgan fingerprint density at radius 1 is 1.30 bits per heavy atom. The molecule has 1 N–H and O–H groups in total. The highest BCUT2D eigenvalue weighted by atomic mass is 19.3. The van der Waals surface area contributed by atoms with Gasteiger partial charge in [-0.2, -0.15) is 8.78 Å². The molecule has 0 saturated carbocycles. The van der Waals surface area contributed by atoms with E-state index in [-0.39, 0.29) is 0 Å². The zero-order valence-corrected chi connectivity index (χ0v) is 5.69. The molecule has 1 fully saturated rings. The fraction of sp³-hybridized carbons (Fsp3) is 1.00. The van der Waals surface area contributed by atoms with Gasteiger partial charge < -0.3 is 5.11 Å². The van der Waals surface area contributed by atoms with Crippen molar-refractivity contribution < 1.29 is 13.9 Å². The summed E-state index contributed by atoms with van der Waals surface area (Å²) in [4.78, 5) is 1.02. The van der Waals surface area contributed by atoms with Crippen molar-refractivity contribution in [2.75, 3.05) is 19.7 Å². The van der Waals surface area contributed by atoms with Gasteiger partial charge in [0.15, 0.2) is 0 Å². The van der Waals surface area contributed by atoms with Gasteiger partial charge in [0.2, 0.25) is 0 Å². The standard InChI is InChI=1S/C6H11F2NO/c7-6(8,5-10)9-3-1-2-4-9/h10H,1-5H2. The topological polar surface area (TPSA) is 23.5 Å². The molecule has 0 unspecified atom stereocenters. The lowest BCUT2D eigenvalue weighted by molar-refractivity contribution is -0.164. The number of likely N-dealkylation sites (tertiary alicyclic amines) is 1. The second-order valence-electron chi connectivity index (χ2n) is 2.52. The molecule has 0 bridgehead atoms. The molecule has 0 aromatic heterocycles. The predicted molar refractivity (Wildman–Crippen MR) is 32.8 cm³/mol. The van der Waals surface area contributed by atoms with E-state index in [1.807, 2.05) is 0 Å². The summed E-state index contributed by atoms with van der Waals surface area (Å²) < 4.78 is 25.1. The molecule has 1 aliphatic rings. The van der Waals surface area contributed by atoms with Gasteiger partial charge in [0, 0.05) is 13.1 Å². The van der Waals surface area contributed by atoms with E-state index in [0.717, 1.165) is 17.7 Å². The summed E-state index contributed by atoms with van der Waals surface area (Å²) in [6.07, 6.45) is 1.63. The summed E-state index contributed by atoms with van der Waals surface area (Å²) in [7, 11) is 0. The molecule has 60 valence electrons. The number of nitrogens with zero attached hydrogens (tertiary/aromatic N) is 1. The highest BCUT2D eigenvalue weighted by molar-refractivity contribution is 4.73. The third-order valence-corrected chi connectivity index (χ3v) is 1.76. The number of aliphatic hydroxyl groups is 1. The SMILES string of the molecule is OCC(F)(F)N1CCCC1. The van der Waals surface area contributed by atoms with Crippen molar-refractivity contribution >= 4 is 0 Å². The number of hydrogen-bond acceptors (Lipinski definition) is 2. The van der Waals surface area contributed by atoms with E-state index in [2.05, 4.69) is 0 Å². The normalized spacial score (nSPS) is 21.9. The lowest BCUT2D eigenvalue weighted by atomic mass is 10.4. The molecular formula is C6H11F2NO. The molecule has 10 heavy (non-hydrogen) atoms. The molecule has 0 radical (unpaired) electrons. The van der Waals surface area contributed by atoms with Gasteiger partial charge in [0.25, 0.3) is 0 Å². The van der Waals surface area contributed by atoms with Crippen LogP contribution in [-0.2, 0) is 0 Å². The summed E-state index contributed by atoms with van der Waals surface area (Å²) in [6, 6.07) is -2.99. The Hall–Kier alpha value is -0.220. The summed E-state index contributed by atoms with van der Waals surface area (Å²) >= 11 is 0. The molecule has 2 nitrogen and oxygen atoms in total. The van der Waals surface area contributed by atoms with Crippen molar-refractivity contribution in [3.8, 4) is 0 Å². The molecule has 0 spiro atoms. The van der Waals surface area contributed by atoms with Crippen LogP contribution in [0, 0.1) is 0 Å². The van der Waals surface area contributed by atoms with Gasteiger partial charge >= 0.3 is 6.05 Å². The number of alkyl halides is 2. The second kappa shape index (κ2) is 2.80. The van der Waals surface area contributed by atoms with Crippen LogP contribution in [0.2, 0.25) is 0 Å². The van der Waals surface area contributed by atoms with Crippen LogP contribution in [0.15, 0.2) is 0 Å². The molecule has 0 aromatic rings. The van der Waals surface area contributed by atoms with Gasteiger partial charge in [0.1, 0.15) is 6.61 Å². The third kappa shape index (κ3) is 1.44. The molecule has 0 aliphatic carbocycles. The zero-order valence-electron chi connectivity index (χ0n) is 5.69. The molecule has 1 saturated heterocycles. The fourth-order valence-electron chi connectivity index (χ4n) is 1.14. The maximum atomic E-state index is 12.5. The number of halogens is 2. The van der Waals surface area contributed by atoms with Crippen LogP contribution in [0.4, 0.5) is 8.78 Å². The van der Waals surface area contributed by atoms with Crippen molar-refractivity contribution in [1.29, 1.82) is 0 Å². The van der Waals surface area contributed by atoms with Crippen molar-refractivity contribution in [3.63, 3.8) is 0 Å². The van der Waals surface area contributed by atoms with E-state index in [4.69, 9.17) is 5.11 Å². The number of aliphatic hydroxyl groups excluding tert-OH is 1. The first kappa shape index (κ1) is 7.88. The summed E-state index contributed by atoms with van der Waals surface area (Å²) in [6.45, 7) is -0.242. The third-order valence-electron chi connectivity index (χ3n) is 1.76. The molecule has 1 aliphatic heterocycles. The van der Waals surface area contributed by atoms with Gasteiger partial charge in [-0.3, -0.25) is 0 Å². The van der Waals surface area contributed by atoms with Gasteiger partial charge in [-0.05, 0) is 12.8 Å². The van der Waals surface area contributed by atoms with Crippen LogP contribution in [-0.4, -0.2) is 35.7 Å². The van der Waals surface area contributed by atoms with Gasteiger partial charge in [-0.25, -0.2) is 4.90 Å². The highest BCUT2D eigenvalue weighted by Crippen LogP contribution is 2.23. The maximum absolute atomic E-state index is 12.5. The molecule has 0 aromatic carbocycles. The zero-order chi connectivity index (χ0) is 7.61. The van der Waals surface area contributed by atoms with Gasteiger partial charge in [-0.15, -0.1) is 0 Å². The van der Waals surface area contributed by atoms with Crippen LogP contribution < -0.4 is 0 Å². The quantitative estimate of drug-likeness (QED) is 0.586. The highest BCUT2D eigenvalue weighted by Gasteiger charge is 2.37. The van der Waals surface area contributed by atoms with E-state index in [9.17, 15) is 8.78 Å². The largest absolute Gasteiger partial charge is 0.389 e. The van der Waals surface area contributed by atoms with Crippen molar-refractivity contribution in [1.82, 2.24) is 4.90 Å². The minimum atomic E-state index is -2.99. The predicted octanol–water partition coefficient (Wildman–Crippen LogP) is 0.667. The Morgan fingerprint density at radius 2 is 1.80 bits per heavy atom. The lowest BCUT2D eigenvalue weighted by Crippen LogP contribution is -2.42. The molecule has 0 amide bonds. The average Bonchev–Trinajstić information content (AvgIpc) is 2.38. The molecule has 1 heterocycles. The summed E-state index contributed by atoms with van der Waals surface area (Å²) in [5, 5.41) is 8.26. The number of rotatable bonds is 2. The molecule has 4 heteroatoms. The van der Waals surface area contributed by atoms with E-state index < -0.39 is 12.7 Å². The molecule has 1 rings (SSSR count). The smallest absolute Gasteiger partial charge is 0.327 e. The van der Waals surface area contributed by atoms with Crippen molar-refractivity contribution in [2.45, 2.75) is 18.9 Å². The van der Waals surface area contributed by atoms with E-state index in [1.165, 1.54) is 0 Å². The Labute approximate surface area is 58.4 Å². The van der Waals surface area contributed by atoms with E-state index in [1.54, 1.807) is 0 Å². The van der Waals surface area contributed by atoms with Crippen LogP contribution in [0.5, 0.6) is 0 Å². The Bertz CT molecular complexity index is 112. The molecule has 0 atom stereocenters. The van der Waals surface area contributed by atoms with Crippen LogP contribution >= 0.6 is 0 Å².